The molecular formula is C16H29O11P. The number of aliphatic hydroxyl groups is 1. The third-order valence-electron chi connectivity index (χ3n) is 4.52. The van der Waals surface area contributed by atoms with E-state index in [4.69, 9.17) is 34.7 Å². The summed E-state index contributed by atoms with van der Waals surface area (Å²) < 4.78 is 15.7. The van der Waals surface area contributed by atoms with Crippen LogP contribution in [0, 0.1) is 17.8 Å². The molecule has 0 aromatic rings. The molecule has 0 bridgehead atoms. The molecular weight excluding hydrogens is 399 g/mol. The summed E-state index contributed by atoms with van der Waals surface area (Å²) in [5, 5.41) is 33.8. The van der Waals surface area contributed by atoms with Gasteiger partial charge in [0.05, 0.1) is 18.9 Å². The monoisotopic (exact) mass is 428 g/mol. The van der Waals surface area contributed by atoms with Crippen LogP contribution in [0.1, 0.15) is 52.9 Å². The Balaban J connectivity index is 0.000000528. The van der Waals surface area contributed by atoms with Gasteiger partial charge in [0.25, 0.3) is 0 Å². The highest BCUT2D eigenvalue weighted by molar-refractivity contribution is 7.46. The number of carboxylic acids is 3. The second-order valence-electron chi connectivity index (χ2n) is 7.44. The van der Waals surface area contributed by atoms with Gasteiger partial charge in [-0.05, 0) is 30.6 Å². The van der Waals surface area contributed by atoms with E-state index in [0.717, 1.165) is 19.3 Å². The highest BCUT2D eigenvalue weighted by Crippen LogP contribution is 2.45. The minimum atomic E-state index is -4.34. The van der Waals surface area contributed by atoms with Gasteiger partial charge in [0.15, 0.2) is 5.60 Å². The molecule has 164 valence electrons. The molecule has 28 heavy (non-hydrogen) atoms. The van der Waals surface area contributed by atoms with E-state index in [9.17, 15) is 18.9 Å². The molecule has 1 aliphatic carbocycles. The molecule has 0 amide bonds. The van der Waals surface area contributed by atoms with Crippen LogP contribution in [-0.2, 0) is 23.5 Å². The SMILES string of the molecule is CC1CCC(C(C)C)C(OP(=O)(O)O)C1.O=C(O)CC(O)(CC(=O)O)C(=O)O. The first-order valence-electron chi connectivity index (χ1n) is 8.70. The van der Waals surface area contributed by atoms with E-state index in [0.29, 0.717) is 11.8 Å². The lowest BCUT2D eigenvalue weighted by Gasteiger charge is -2.36. The third kappa shape index (κ3) is 10.1. The number of aliphatic carboxylic acids is 3. The van der Waals surface area contributed by atoms with Crippen LogP contribution in [0.5, 0.6) is 0 Å². The molecule has 0 aromatic heterocycles. The molecule has 1 aliphatic rings. The standard InChI is InChI=1S/C10H21O4P.C6H8O7/c1-7(2)9-5-4-8(3)6-10(9)14-15(11,12)13;7-3(8)1-6(13,5(11)12)2-4(9)10/h7-10H,4-6H2,1-3H3,(H2,11,12,13);13H,1-2H2,(H,7,8)(H,9,10)(H,11,12). The van der Waals surface area contributed by atoms with Crippen molar-refractivity contribution in [3.05, 3.63) is 0 Å². The van der Waals surface area contributed by atoms with E-state index < -0.39 is 44.2 Å². The maximum Gasteiger partial charge on any atom is 0.469 e. The average molecular weight is 428 g/mol. The zero-order chi connectivity index (χ0) is 22.3. The van der Waals surface area contributed by atoms with Crippen LogP contribution in [0.4, 0.5) is 0 Å². The number of hydrogen-bond donors (Lipinski definition) is 6. The summed E-state index contributed by atoms with van der Waals surface area (Å²) in [6, 6.07) is 0. The van der Waals surface area contributed by atoms with Crippen LogP contribution in [0.15, 0.2) is 0 Å². The fourth-order valence-corrected chi connectivity index (χ4v) is 3.72. The maximum atomic E-state index is 10.8. The average Bonchev–Trinajstić information content (AvgIpc) is 2.43. The molecule has 3 unspecified atom stereocenters. The molecule has 0 heterocycles. The normalized spacial score (nSPS) is 22.9. The Labute approximate surface area is 162 Å². The lowest BCUT2D eigenvalue weighted by molar-refractivity contribution is -0.170. The Morgan fingerprint density at radius 1 is 1.07 bits per heavy atom. The van der Waals surface area contributed by atoms with Crippen molar-refractivity contribution in [1.29, 1.82) is 0 Å². The fourth-order valence-electron chi connectivity index (χ4n) is 3.13. The Morgan fingerprint density at radius 2 is 1.54 bits per heavy atom. The zero-order valence-corrected chi connectivity index (χ0v) is 16.9. The predicted molar refractivity (Wildman–Crippen MR) is 95.4 cm³/mol. The lowest BCUT2D eigenvalue weighted by Crippen LogP contribution is -2.42. The Hall–Kier alpha value is -1.52. The largest absolute Gasteiger partial charge is 0.481 e. The van der Waals surface area contributed by atoms with Gasteiger partial charge in [-0.2, -0.15) is 0 Å². The van der Waals surface area contributed by atoms with Gasteiger partial charge >= 0.3 is 25.7 Å². The topological polar surface area (TPSA) is 199 Å². The summed E-state index contributed by atoms with van der Waals surface area (Å²) in [6.07, 6.45) is 0.319. The molecule has 1 fully saturated rings. The predicted octanol–water partition coefficient (Wildman–Crippen LogP) is 1.31. The molecule has 0 saturated heterocycles. The molecule has 0 radical (unpaired) electrons. The second-order valence-corrected chi connectivity index (χ2v) is 8.63. The number of hydrogen-bond acceptors (Lipinski definition) is 6. The lowest BCUT2D eigenvalue weighted by atomic mass is 9.75. The molecule has 6 N–H and O–H groups in total. The van der Waals surface area contributed by atoms with E-state index in [2.05, 4.69) is 20.8 Å². The van der Waals surface area contributed by atoms with Crippen LogP contribution in [0.2, 0.25) is 0 Å². The molecule has 0 aliphatic heterocycles. The van der Waals surface area contributed by atoms with E-state index in [1.54, 1.807) is 0 Å². The van der Waals surface area contributed by atoms with Crippen molar-refractivity contribution in [2.75, 3.05) is 0 Å². The summed E-state index contributed by atoms with van der Waals surface area (Å²) in [7, 11) is -4.34. The van der Waals surface area contributed by atoms with E-state index in [-0.39, 0.29) is 12.0 Å². The summed E-state index contributed by atoms with van der Waals surface area (Å²) in [5.41, 5.74) is -2.74. The highest BCUT2D eigenvalue weighted by Gasteiger charge is 2.40. The van der Waals surface area contributed by atoms with E-state index in [1.165, 1.54) is 0 Å². The molecule has 12 heteroatoms. The summed E-state index contributed by atoms with van der Waals surface area (Å²) in [5.74, 6) is -3.84. The quantitative estimate of drug-likeness (QED) is 0.305. The van der Waals surface area contributed by atoms with Gasteiger partial charge in [0.2, 0.25) is 0 Å². The number of carboxylic acid groups (broad SMARTS) is 3. The zero-order valence-electron chi connectivity index (χ0n) is 16.0. The number of phosphoric ester groups is 1. The first-order chi connectivity index (χ1) is 12.6. The minimum Gasteiger partial charge on any atom is -0.481 e. The van der Waals surface area contributed by atoms with Gasteiger partial charge in [0.1, 0.15) is 0 Å². The maximum absolute atomic E-state index is 10.8. The Morgan fingerprint density at radius 3 is 1.86 bits per heavy atom. The fraction of sp³-hybridized carbons (Fsp3) is 0.812. The molecule has 0 aromatic carbocycles. The van der Waals surface area contributed by atoms with Gasteiger partial charge in [-0.1, -0.05) is 27.2 Å². The number of phosphoric acid groups is 1. The highest BCUT2D eigenvalue weighted by atomic mass is 31.2. The smallest absolute Gasteiger partial charge is 0.469 e. The van der Waals surface area contributed by atoms with Crippen molar-refractivity contribution in [1.82, 2.24) is 0 Å². The van der Waals surface area contributed by atoms with Crippen LogP contribution in [0.25, 0.3) is 0 Å². The van der Waals surface area contributed by atoms with E-state index >= 15 is 0 Å². The molecule has 1 rings (SSSR count). The first kappa shape index (κ1) is 26.5. The number of carbonyl (C=O) groups is 3. The van der Waals surface area contributed by atoms with Gasteiger partial charge in [-0.3, -0.25) is 14.1 Å². The van der Waals surface area contributed by atoms with Crippen molar-refractivity contribution < 1.29 is 53.7 Å². The van der Waals surface area contributed by atoms with Crippen LogP contribution in [0.3, 0.4) is 0 Å². The minimum absolute atomic E-state index is 0.272. The molecule has 3 atom stereocenters. The van der Waals surface area contributed by atoms with Crippen molar-refractivity contribution in [2.45, 2.75) is 64.6 Å². The summed E-state index contributed by atoms with van der Waals surface area (Å²) in [6.45, 7) is 6.26. The van der Waals surface area contributed by atoms with Crippen LogP contribution >= 0.6 is 7.82 Å². The van der Waals surface area contributed by atoms with Gasteiger partial charge in [-0.25, -0.2) is 9.36 Å². The number of rotatable bonds is 8. The molecule has 0 spiro atoms. The Kier molecular flexibility index (Phi) is 10.3. The molecule has 1 saturated carbocycles. The third-order valence-corrected chi connectivity index (χ3v) is 5.06. The molecule has 11 nitrogen and oxygen atoms in total. The Bertz CT molecular complexity index is 581. The van der Waals surface area contributed by atoms with Gasteiger partial charge in [0, 0.05) is 0 Å². The van der Waals surface area contributed by atoms with Gasteiger partial charge < -0.3 is 30.2 Å². The van der Waals surface area contributed by atoms with Crippen molar-refractivity contribution in [3.8, 4) is 0 Å². The summed E-state index contributed by atoms with van der Waals surface area (Å²) >= 11 is 0. The van der Waals surface area contributed by atoms with Crippen molar-refractivity contribution >= 4 is 25.7 Å². The van der Waals surface area contributed by atoms with Crippen molar-refractivity contribution in [3.63, 3.8) is 0 Å². The van der Waals surface area contributed by atoms with Crippen LogP contribution in [-0.4, -0.2) is 59.8 Å². The van der Waals surface area contributed by atoms with E-state index in [1.807, 2.05) is 0 Å². The second kappa shape index (κ2) is 10.9. The summed E-state index contributed by atoms with van der Waals surface area (Å²) in [4.78, 5) is 48.2. The van der Waals surface area contributed by atoms with Crippen LogP contribution < -0.4 is 0 Å². The van der Waals surface area contributed by atoms with Crippen molar-refractivity contribution in [2.24, 2.45) is 17.8 Å². The first-order valence-corrected chi connectivity index (χ1v) is 10.2. The van der Waals surface area contributed by atoms with Gasteiger partial charge in [-0.15, -0.1) is 0 Å².